The van der Waals surface area contributed by atoms with Gasteiger partial charge >= 0.3 is 12.1 Å². The van der Waals surface area contributed by atoms with Crippen molar-refractivity contribution in [2.45, 2.75) is 25.8 Å². The van der Waals surface area contributed by atoms with E-state index in [-0.39, 0.29) is 29.7 Å². The van der Waals surface area contributed by atoms with E-state index >= 15 is 0 Å². The summed E-state index contributed by atoms with van der Waals surface area (Å²) in [6.45, 7) is 3.68. The van der Waals surface area contributed by atoms with Gasteiger partial charge in [0.1, 0.15) is 24.0 Å². The molecule has 3 aromatic carbocycles. The smallest absolute Gasteiger partial charge is 0.407 e. The lowest BCUT2D eigenvalue weighted by atomic mass is 9.98. The number of hydrogen-bond acceptors (Lipinski definition) is 5. The van der Waals surface area contributed by atoms with E-state index < -0.39 is 29.8 Å². The number of carboxylic acid groups (broad SMARTS) is 1. The fraction of sp³-hybridized carbons (Fsp3) is 0.222. The van der Waals surface area contributed by atoms with Crippen molar-refractivity contribution in [3.63, 3.8) is 0 Å². The van der Waals surface area contributed by atoms with Gasteiger partial charge in [-0.2, -0.15) is 0 Å². The Morgan fingerprint density at radius 3 is 2.09 bits per heavy atom. The molecule has 0 aliphatic heterocycles. The van der Waals surface area contributed by atoms with Crippen LogP contribution in [0.3, 0.4) is 0 Å². The van der Waals surface area contributed by atoms with E-state index in [2.05, 4.69) is 10.6 Å². The Labute approximate surface area is 202 Å². The number of benzene rings is 3. The van der Waals surface area contributed by atoms with Crippen LogP contribution in [-0.2, 0) is 9.53 Å². The summed E-state index contributed by atoms with van der Waals surface area (Å²) in [7, 11) is 0. The van der Waals surface area contributed by atoms with E-state index in [1.807, 2.05) is 48.5 Å². The summed E-state index contributed by atoms with van der Waals surface area (Å²) in [6.07, 6.45) is -0.718. The van der Waals surface area contributed by atoms with Crippen LogP contribution in [0.15, 0.2) is 66.7 Å². The number of hydrogen-bond donors (Lipinski definition) is 4. The number of rotatable bonds is 7. The predicted molar refractivity (Wildman–Crippen MR) is 131 cm³/mol. The molecule has 2 amide bonds. The molecule has 0 saturated heterocycles. The van der Waals surface area contributed by atoms with Gasteiger partial charge in [0.25, 0.3) is 0 Å². The molecule has 180 valence electrons. The molecule has 0 saturated carbocycles. The topological polar surface area (TPSA) is 125 Å². The lowest BCUT2D eigenvalue weighted by Gasteiger charge is -2.22. The zero-order chi connectivity index (χ0) is 25.1. The minimum Gasteiger partial charge on any atom is -0.507 e. The van der Waals surface area contributed by atoms with Gasteiger partial charge in [-0.15, -0.1) is 0 Å². The molecule has 4 N–H and O–H groups in total. The van der Waals surface area contributed by atoms with Gasteiger partial charge in [-0.1, -0.05) is 62.4 Å². The van der Waals surface area contributed by atoms with Gasteiger partial charge in [-0.25, -0.2) is 9.59 Å². The van der Waals surface area contributed by atoms with Crippen molar-refractivity contribution in [1.29, 1.82) is 0 Å². The van der Waals surface area contributed by atoms with E-state index in [0.717, 1.165) is 28.3 Å². The summed E-state index contributed by atoms with van der Waals surface area (Å²) < 4.78 is 5.55. The molecule has 0 fully saturated rings. The maximum Gasteiger partial charge on any atom is 0.407 e. The molecule has 4 rings (SSSR count). The highest BCUT2D eigenvalue weighted by atomic mass is 16.5. The largest absolute Gasteiger partial charge is 0.507 e. The number of fused-ring (bicyclic) bond motifs is 3. The highest BCUT2D eigenvalue weighted by molar-refractivity contribution is 5.98. The maximum absolute atomic E-state index is 12.8. The summed E-state index contributed by atoms with van der Waals surface area (Å²) in [5.41, 5.74) is 4.34. The third-order valence-corrected chi connectivity index (χ3v) is 6.06. The summed E-state index contributed by atoms with van der Waals surface area (Å²) in [4.78, 5) is 36.5. The van der Waals surface area contributed by atoms with Crippen molar-refractivity contribution in [3.8, 4) is 16.9 Å². The average Bonchev–Trinajstić information content (AvgIpc) is 3.14. The number of phenols is 1. The van der Waals surface area contributed by atoms with Crippen LogP contribution >= 0.6 is 0 Å². The van der Waals surface area contributed by atoms with Crippen LogP contribution in [0.2, 0.25) is 0 Å². The van der Waals surface area contributed by atoms with Gasteiger partial charge in [0.15, 0.2) is 0 Å². The van der Waals surface area contributed by atoms with Crippen molar-refractivity contribution < 1.29 is 29.3 Å². The lowest BCUT2D eigenvalue weighted by molar-refractivity contribution is -0.119. The molecular weight excluding hydrogens is 448 g/mol. The molecule has 1 aliphatic carbocycles. The normalized spacial score (nSPS) is 13.0. The fourth-order valence-electron chi connectivity index (χ4n) is 4.31. The first-order chi connectivity index (χ1) is 16.8. The van der Waals surface area contributed by atoms with Gasteiger partial charge in [0.2, 0.25) is 5.91 Å². The highest BCUT2D eigenvalue weighted by Gasteiger charge is 2.30. The summed E-state index contributed by atoms with van der Waals surface area (Å²) >= 11 is 0. The first-order valence-electron chi connectivity index (χ1n) is 11.2. The highest BCUT2D eigenvalue weighted by Crippen LogP contribution is 2.44. The zero-order valence-corrected chi connectivity index (χ0v) is 19.3. The SMILES string of the molecule is CC(C)C(NC(=O)OCC1c2ccccc2-c2ccccc21)C(=O)Nc1ccc(C(=O)O)c(O)c1. The van der Waals surface area contributed by atoms with Crippen molar-refractivity contribution in [1.82, 2.24) is 5.32 Å². The van der Waals surface area contributed by atoms with Crippen LogP contribution < -0.4 is 10.6 Å². The predicted octanol–water partition coefficient (Wildman–Crippen LogP) is 4.59. The fourth-order valence-corrected chi connectivity index (χ4v) is 4.31. The summed E-state index contributed by atoms with van der Waals surface area (Å²) in [6, 6.07) is 18.8. The molecule has 1 atom stereocenters. The van der Waals surface area contributed by atoms with Crippen LogP contribution in [-0.4, -0.2) is 40.8 Å². The Balaban J connectivity index is 1.41. The third kappa shape index (κ3) is 4.96. The summed E-state index contributed by atoms with van der Waals surface area (Å²) in [5.74, 6) is -2.63. The molecule has 0 spiro atoms. The van der Waals surface area contributed by atoms with Gasteiger partial charge in [-0.05, 0) is 40.3 Å². The molecule has 0 heterocycles. The number of aromatic hydroxyl groups is 1. The average molecular weight is 475 g/mol. The van der Waals surface area contributed by atoms with Gasteiger partial charge < -0.3 is 25.6 Å². The molecule has 0 aromatic heterocycles. The van der Waals surface area contributed by atoms with E-state index in [4.69, 9.17) is 9.84 Å². The second kappa shape index (κ2) is 9.89. The number of aromatic carboxylic acids is 1. The van der Waals surface area contributed by atoms with Crippen molar-refractivity contribution in [2.24, 2.45) is 5.92 Å². The van der Waals surface area contributed by atoms with Crippen molar-refractivity contribution in [3.05, 3.63) is 83.4 Å². The van der Waals surface area contributed by atoms with E-state index in [0.29, 0.717) is 0 Å². The second-order valence-electron chi connectivity index (χ2n) is 8.72. The standard InChI is InChI=1S/C27H26N2O6/c1-15(2)24(25(31)28-16-11-12-21(26(32)33)23(30)13-16)29-27(34)35-14-22-19-9-5-3-7-17(19)18-8-4-6-10-20(18)22/h3-13,15,22,24,30H,14H2,1-2H3,(H,28,31)(H,29,34)(H,32,33). The Hall–Kier alpha value is -4.33. The van der Waals surface area contributed by atoms with Crippen molar-refractivity contribution >= 4 is 23.7 Å². The molecule has 35 heavy (non-hydrogen) atoms. The number of amides is 2. The minimum atomic E-state index is -1.28. The molecule has 1 aliphatic rings. The second-order valence-corrected chi connectivity index (χ2v) is 8.72. The Morgan fingerprint density at radius 1 is 0.943 bits per heavy atom. The maximum atomic E-state index is 12.8. The number of carbonyl (C=O) groups is 3. The van der Waals surface area contributed by atoms with Crippen molar-refractivity contribution in [2.75, 3.05) is 11.9 Å². The first kappa shape index (κ1) is 23.8. The molecule has 0 radical (unpaired) electrons. The number of ether oxygens (including phenoxy) is 1. The first-order valence-corrected chi connectivity index (χ1v) is 11.2. The van der Waals surface area contributed by atoms with Crippen LogP contribution in [0.25, 0.3) is 11.1 Å². The molecule has 3 aromatic rings. The van der Waals surface area contributed by atoms with Crippen LogP contribution in [0.5, 0.6) is 5.75 Å². The Morgan fingerprint density at radius 2 is 1.54 bits per heavy atom. The quantitative estimate of drug-likeness (QED) is 0.397. The molecule has 8 nitrogen and oxygen atoms in total. The number of carbonyl (C=O) groups excluding carboxylic acids is 2. The number of carboxylic acids is 1. The molecule has 0 bridgehead atoms. The monoisotopic (exact) mass is 474 g/mol. The summed E-state index contributed by atoms with van der Waals surface area (Å²) in [5, 5.41) is 24.1. The molecule has 8 heteroatoms. The Kier molecular flexibility index (Phi) is 6.73. The number of alkyl carbamates (subject to hydrolysis) is 1. The van der Waals surface area contributed by atoms with Crippen LogP contribution in [0.1, 0.15) is 41.3 Å². The number of nitrogens with one attached hydrogen (secondary N) is 2. The zero-order valence-electron chi connectivity index (χ0n) is 19.3. The van der Waals surface area contributed by atoms with Gasteiger partial charge in [0, 0.05) is 17.7 Å². The van der Waals surface area contributed by atoms with Gasteiger partial charge in [-0.3, -0.25) is 4.79 Å². The van der Waals surface area contributed by atoms with E-state index in [1.165, 1.54) is 12.1 Å². The van der Waals surface area contributed by atoms with Crippen LogP contribution in [0.4, 0.5) is 10.5 Å². The molecule has 1 unspecified atom stereocenters. The minimum absolute atomic E-state index is 0.102. The molecular formula is C27H26N2O6. The Bertz CT molecular complexity index is 1240. The van der Waals surface area contributed by atoms with E-state index in [9.17, 15) is 19.5 Å². The lowest BCUT2D eigenvalue weighted by Crippen LogP contribution is -2.47. The van der Waals surface area contributed by atoms with Gasteiger partial charge in [0.05, 0.1) is 0 Å². The van der Waals surface area contributed by atoms with Crippen LogP contribution in [0, 0.1) is 5.92 Å². The number of anilines is 1. The van der Waals surface area contributed by atoms with E-state index in [1.54, 1.807) is 13.8 Å². The third-order valence-electron chi connectivity index (χ3n) is 6.06.